The molecule has 1 unspecified atom stereocenters. The molecular weight excluding hydrogens is 316 g/mol. The first kappa shape index (κ1) is 21.4. The van der Waals surface area contributed by atoms with E-state index >= 15 is 0 Å². The highest BCUT2D eigenvalue weighted by molar-refractivity contribution is 5.88. The lowest BCUT2D eigenvalue weighted by molar-refractivity contribution is -0.168. The number of rotatable bonds is 14. The van der Waals surface area contributed by atoms with Crippen LogP contribution in [0, 0.1) is 0 Å². The molecule has 0 saturated heterocycles. The first-order chi connectivity index (χ1) is 10.9. The fourth-order valence-corrected chi connectivity index (χ4v) is 1.10. The van der Waals surface area contributed by atoms with Crippen LogP contribution in [0.3, 0.4) is 0 Å². The molecule has 23 heavy (non-hydrogen) atoms. The zero-order valence-electron chi connectivity index (χ0n) is 12.9. The van der Waals surface area contributed by atoms with Gasteiger partial charge in [-0.3, -0.25) is 0 Å². The van der Waals surface area contributed by atoms with E-state index in [9.17, 15) is 14.4 Å². The van der Waals surface area contributed by atoms with Gasteiger partial charge in [0.1, 0.15) is 19.3 Å². The van der Waals surface area contributed by atoms with Crippen LogP contribution in [0.5, 0.6) is 0 Å². The molecule has 0 aliphatic rings. The number of carboxylic acid groups (broad SMARTS) is 1. The Balaban J connectivity index is 3.26. The standard InChI is InChI=1S/C13H22O10/c1-10(14)13(18)23-12(17)9-22-7-5-20-3-2-19-4-6-21-8-11(15)16/h10,14H,2-9H2,1H3,(H,15,16). The summed E-state index contributed by atoms with van der Waals surface area (Å²) in [5.41, 5.74) is 0. The predicted octanol–water partition coefficient (Wildman–Crippen LogP) is -1.41. The van der Waals surface area contributed by atoms with Gasteiger partial charge in [0.15, 0.2) is 0 Å². The number of aliphatic hydroxyl groups excluding tert-OH is 1. The second-order valence-corrected chi connectivity index (χ2v) is 4.19. The Bertz CT molecular complexity index is 355. The van der Waals surface area contributed by atoms with Crippen LogP contribution in [0.15, 0.2) is 0 Å². The number of esters is 2. The van der Waals surface area contributed by atoms with Crippen LogP contribution < -0.4 is 0 Å². The molecule has 0 aromatic carbocycles. The van der Waals surface area contributed by atoms with E-state index in [4.69, 9.17) is 29.2 Å². The molecule has 0 spiro atoms. The van der Waals surface area contributed by atoms with Crippen molar-refractivity contribution in [3.63, 3.8) is 0 Å². The van der Waals surface area contributed by atoms with Crippen LogP contribution in [0.2, 0.25) is 0 Å². The SMILES string of the molecule is CC(O)C(=O)OC(=O)COCCOCCOCCOCC(=O)O. The number of aliphatic carboxylic acids is 1. The maximum absolute atomic E-state index is 11.1. The molecule has 1 atom stereocenters. The van der Waals surface area contributed by atoms with Gasteiger partial charge in [-0.05, 0) is 6.92 Å². The van der Waals surface area contributed by atoms with E-state index < -0.39 is 30.6 Å². The molecule has 0 fully saturated rings. The molecule has 0 rings (SSSR count). The zero-order valence-corrected chi connectivity index (χ0v) is 12.9. The molecule has 0 saturated carbocycles. The van der Waals surface area contributed by atoms with Crippen LogP contribution in [0.1, 0.15) is 6.92 Å². The minimum Gasteiger partial charge on any atom is -0.480 e. The first-order valence-electron chi connectivity index (χ1n) is 6.88. The van der Waals surface area contributed by atoms with Gasteiger partial charge < -0.3 is 33.9 Å². The second kappa shape index (κ2) is 14.0. The molecular formula is C13H22O10. The van der Waals surface area contributed by atoms with Crippen molar-refractivity contribution in [1.29, 1.82) is 0 Å². The minimum absolute atomic E-state index is 0.125. The smallest absolute Gasteiger partial charge is 0.342 e. The monoisotopic (exact) mass is 338 g/mol. The third kappa shape index (κ3) is 15.1. The highest BCUT2D eigenvalue weighted by Crippen LogP contribution is 1.89. The molecule has 2 N–H and O–H groups in total. The molecule has 0 aliphatic heterocycles. The van der Waals surface area contributed by atoms with Crippen LogP contribution in [0.4, 0.5) is 0 Å². The summed E-state index contributed by atoms with van der Waals surface area (Å²) in [4.78, 5) is 32.1. The van der Waals surface area contributed by atoms with Gasteiger partial charge in [-0.1, -0.05) is 0 Å². The fraction of sp³-hybridized carbons (Fsp3) is 0.769. The summed E-state index contributed by atoms with van der Waals surface area (Å²) in [7, 11) is 0. The molecule has 0 bridgehead atoms. The van der Waals surface area contributed by atoms with E-state index in [0.29, 0.717) is 13.2 Å². The zero-order chi connectivity index (χ0) is 17.5. The number of ether oxygens (including phenoxy) is 5. The Labute approximate surface area is 133 Å². The molecule has 10 nitrogen and oxygen atoms in total. The van der Waals surface area contributed by atoms with Crippen molar-refractivity contribution in [3.05, 3.63) is 0 Å². The molecule has 10 heteroatoms. The average Bonchev–Trinajstić information content (AvgIpc) is 2.47. The number of aliphatic hydroxyl groups is 1. The van der Waals surface area contributed by atoms with E-state index in [1.54, 1.807) is 0 Å². The van der Waals surface area contributed by atoms with Gasteiger partial charge in [-0.2, -0.15) is 0 Å². The third-order valence-corrected chi connectivity index (χ3v) is 2.12. The van der Waals surface area contributed by atoms with Gasteiger partial charge in [-0.25, -0.2) is 14.4 Å². The molecule has 0 radical (unpaired) electrons. The van der Waals surface area contributed by atoms with Crippen molar-refractivity contribution < 1.29 is 48.3 Å². The summed E-state index contributed by atoms with van der Waals surface area (Å²) in [6, 6.07) is 0. The van der Waals surface area contributed by atoms with E-state index in [0.717, 1.165) is 0 Å². The Morgan fingerprint density at radius 2 is 1.26 bits per heavy atom. The second-order valence-electron chi connectivity index (χ2n) is 4.19. The quantitative estimate of drug-likeness (QED) is 0.221. The molecule has 0 aromatic heterocycles. The maximum atomic E-state index is 11.1. The lowest BCUT2D eigenvalue weighted by Crippen LogP contribution is -2.25. The van der Waals surface area contributed by atoms with Crippen molar-refractivity contribution in [2.24, 2.45) is 0 Å². The van der Waals surface area contributed by atoms with Crippen molar-refractivity contribution in [3.8, 4) is 0 Å². The van der Waals surface area contributed by atoms with Crippen LogP contribution in [-0.4, -0.2) is 87.1 Å². The Morgan fingerprint density at radius 1 is 0.826 bits per heavy atom. The summed E-state index contributed by atoms with van der Waals surface area (Å²) < 4.78 is 24.2. The summed E-state index contributed by atoms with van der Waals surface area (Å²) >= 11 is 0. The Kier molecular flexibility index (Phi) is 13.1. The number of carbonyl (C=O) groups is 3. The largest absolute Gasteiger partial charge is 0.480 e. The minimum atomic E-state index is -1.36. The van der Waals surface area contributed by atoms with Gasteiger partial charge in [0, 0.05) is 0 Å². The molecule has 0 heterocycles. The van der Waals surface area contributed by atoms with Gasteiger partial charge in [-0.15, -0.1) is 0 Å². The highest BCUT2D eigenvalue weighted by atomic mass is 16.6. The molecule has 134 valence electrons. The van der Waals surface area contributed by atoms with Crippen molar-refractivity contribution >= 4 is 17.9 Å². The van der Waals surface area contributed by atoms with Crippen LogP contribution in [0.25, 0.3) is 0 Å². The van der Waals surface area contributed by atoms with Gasteiger partial charge >= 0.3 is 17.9 Å². The van der Waals surface area contributed by atoms with E-state index in [1.165, 1.54) is 6.92 Å². The number of hydrogen-bond donors (Lipinski definition) is 2. The molecule has 0 aromatic rings. The maximum Gasteiger partial charge on any atom is 0.342 e. The Hall–Kier alpha value is -1.59. The van der Waals surface area contributed by atoms with Crippen molar-refractivity contribution in [1.82, 2.24) is 0 Å². The van der Waals surface area contributed by atoms with Crippen molar-refractivity contribution in [2.45, 2.75) is 13.0 Å². The van der Waals surface area contributed by atoms with Gasteiger partial charge in [0.25, 0.3) is 0 Å². The lowest BCUT2D eigenvalue weighted by atomic mass is 10.4. The fourth-order valence-electron chi connectivity index (χ4n) is 1.10. The van der Waals surface area contributed by atoms with Crippen LogP contribution >= 0.6 is 0 Å². The van der Waals surface area contributed by atoms with Gasteiger partial charge in [0.2, 0.25) is 0 Å². The highest BCUT2D eigenvalue weighted by Gasteiger charge is 2.15. The van der Waals surface area contributed by atoms with E-state index in [1.807, 2.05) is 0 Å². The van der Waals surface area contributed by atoms with E-state index in [2.05, 4.69) is 4.74 Å². The third-order valence-electron chi connectivity index (χ3n) is 2.12. The predicted molar refractivity (Wildman–Crippen MR) is 73.7 cm³/mol. The van der Waals surface area contributed by atoms with Gasteiger partial charge in [0.05, 0.1) is 39.6 Å². The molecule has 0 aliphatic carbocycles. The summed E-state index contributed by atoms with van der Waals surface area (Å²) in [5, 5.41) is 17.1. The summed E-state index contributed by atoms with van der Waals surface area (Å²) in [6.45, 7) is 1.80. The number of carbonyl (C=O) groups excluding carboxylic acids is 2. The number of hydrogen-bond acceptors (Lipinski definition) is 9. The molecule has 0 amide bonds. The Morgan fingerprint density at radius 3 is 1.70 bits per heavy atom. The lowest BCUT2D eigenvalue weighted by Gasteiger charge is -2.07. The topological polar surface area (TPSA) is 138 Å². The van der Waals surface area contributed by atoms with E-state index in [-0.39, 0.29) is 33.0 Å². The number of carboxylic acids is 1. The van der Waals surface area contributed by atoms with Crippen molar-refractivity contribution in [2.75, 3.05) is 52.9 Å². The summed E-state index contributed by atoms with van der Waals surface area (Å²) in [6.07, 6.45) is -1.36. The first-order valence-corrected chi connectivity index (χ1v) is 6.88. The van der Waals surface area contributed by atoms with Crippen LogP contribution in [-0.2, 0) is 38.1 Å². The normalized spacial score (nSPS) is 11.9. The summed E-state index contributed by atoms with van der Waals surface area (Å²) in [5.74, 6) is -2.95. The average molecular weight is 338 g/mol.